The van der Waals surface area contributed by atoms with Gasteiger partial charge in [0.05, 0.1) is 6.61 Å². The summed E-state index contributed by atoms with van der Waals surface area (Å²) in [4.78, 5) is 17.2. The first-order valence-corrected chi connectivity index (χ1v) is 9.44. The first kappa shape index (κ1) is 18.3. The van der Waals surface area contributed by atoms with Gasteiger partial charge in [-0.15, -0.1) is 0 Å². The number of halogens is 1. The molecule has 1 saturated heterocycles. The number of benzene rings is 1. The number of nitrogens with zero attached hydrogens (tertiary/aromatic N) is 2. The van der Waals surface area contributed by atoms with Crippen LogP contribution in [0.3, 0.4) is 0 Å². The average molecular weight is 348 g/mol. The standard InChI is InChI=1S/C20H29FN2O2/c1-3-25-10-9-22-7-8-23(14-15(22)2)20(24)18-11-17(12-18)16-5-4-6-19(21)13-16/h4-6,13,15,17-18H,3,7-12,14H2,1-2H3. The highest BCUT2D eigenvalue weighted by atomic mass is 19.1. The minimum Gasteiger partial charge on any atom is -0.380 e. The Hall–Kier alpha value is -1.46. The molecule has 0 bridgehead atoms. The summed E-state index contributed by atoms with van der Waals surface area (Å²) < 4.78 is 18.8. The Bertz CT molecular complexity index is 589. The fraction of sp³-hybridized carbons (Fsp3) is 0.650. The van der Waals surface area contributed by atoms with E-state index in [1.807, 2.05) is 17.9 Å². The molecule has 1 aliphatic carbocycles. The molecule has 1 amide bonds. The van der Waals surface area contributed by atoms with Crippen molar-refractivity contribution < 1.29 is 13.9 Å². The van der Waals surface area contributed by atoms with Gasteiger partial charge in [-0.05, 0) is 50.3 Å². The predicted octanol–water partition coefficient (Wildman–Crippen LogP) is 2.89. The average Bonchev–Trinajstić information content (AvgIpc) is 2.55. The highest BCUT2D eigenvalue weighted by Crippen LogP contribution is 2.42. The molecule has 4 nitrogen and oxygen atoms in total. The fourth-order valence-electron chi connectivity index (χ4n) is 3.96. The maximum Gasteiger partial charge on any atom is 0.225 e. The van der Waals surface area contributed by atoms with E-state index < -0.39 is 0 Å². The van der Waals surface area contributed by atoms with Crippen LogP contribution in [-0.4, -0.2) is 61.1 Å². The molecule has 0 N–H and O–H groups in total. The molecule has 5 heteroatoms. The van der Waals surface area contributed by atoms with Crippen molar-refractivity contribution in [2.75, 3.05) is 39.4 Å². The molecule has 1 saturated carbocycles. The normalized spacial score (nSPS) is 27.2. The Morgan fingerprint density at radius 3 is 2.80 bits per heavy atom. The van der Waals surface area contributed by atoms with Crippen LogP contribution in [0.5, 0.6) is 0 Å². The topological polar surface area (TPSA) is 32.8 Å². The lowest BCUT2D eigenvalue weighted by atomic mass is 9.70. The van der Waals surface area contributed by atoms with Crippen LogP contribution in [0.2, 0.25) is 0 Å². The molecule has 3 rings (SSSR count). The summed E-state index contributed by atoms with van der Waals surface area (Å²) in [6, 6.07) is 7.16. The second kappa shape index (κ2) is 8.28. The van der Waals surface area contributed by atoms with Gasteiger partial charge in [0, 0.05) is 44.7 Å². The SMILES string of the molecule is CCOCCN1CCN(C(=O)C2CC(c3cccc(F)c3)C2)CC1C. The maximum atomic E-state index is 13.3. The molecule has 2 fully saturated rings. The van der Waals surface area contributed by atoms with Gasteiger partial charge in [0.2, 0.25) is 5.91 Å². The van der Waals surface area contributed by atoms with Gasteiger partial charge in [0.15, 0.2) is 0 Å². The van der Waals surface area contributed by atoms with E-state index in [-0.39, 0.29) is 17.6 Å². The van der Waals surface area contributed by atoms with E-state index in [9.17, 15) is 9.18 Å². The molecule has 0 aromatic heterocycles. The third-order valence-electron chi connectivity index (χ3n) is 5.61. The van der Waals surface area contributed by atoms with Gasteiger partial charge < -0.3 is 9.64 Å². The van der Waals surface area contributed by atoms with Gasteiger partial charge in [0.1, 0.15) is 5.82 Å². The van der Waals surface area contributed by atoms with Crippen LogP contribution in [0.25, 0.3) is 0 Å². The van der Waals surface area contributed by atoms with E-state index in [2.05, 4.69) is 11.8 Å². The molecule has 1 aromatic rings. The number of ether oxygens (including phenoxy) is 1. The number of carbonyl (C=O) groups excluding carboxylic acids is 1. The van der Waals surface area contributed by atoms with Gasteiger partial charge in [-0.2, -0.15) is 0 Å². The summed E-state index contributed by atoms with van der Waals surface area (Å²) in [6.45, 7) is 9.15. The molecule has 1 atom stereocenters. The summed E-state index contributed by atoms with van der Waals surface area (Å²) in [6.07, 6.45) is 1.70. The lowest BCUT2D eigenvalue weighted by molar-refractivity contribution is -0.141. The molecular formula is C20H29FN2O2. The quantitative estimate of drug-likeness (QED) is 0.741. The molecular weight excluding hydrogens is 319 g/mol. The molecule has 0 spiro atoms. The second-order valence-corrected chi connectivity index (χ2v) is 7.29. The molecule has 1 heterocycles. The van der Waals surface area contributed by atoms with E-state index >= 15 is 0 Å². The van der Waals surface area contributed by atoms with Gasteiger partial charge >= 0.3 is 0 Å². The van der Waals surface area contributed by atoms with Gasteiger partial charge in [-0.25, -0.2) is 4.39 Å². The number of rotatable bonds is 6. The number of carbonyl (C=O) groups is 1. The van der Waals surface area contributed by atoms with E-state index in [0.29, 0.717) is 12.0 Å². The minimum absolute atomic E-state index is 0.107. The van der Waals surface area contributed by atoms with Crippen molar-refractivity contribution in [2.24, 2.45) is 5.92 Å². The lowest BCUT2D eigenvalue weighted by Crippen LogP contribution is -2.56. The van der Waals surface area contributed by atoms with Crippen LogP contribution >= 0.6 is 0 Å². The van der Waals surface area contributed by atoms with Crippen molar-refractivity contribution in [3.63, 3.8) is 0 Å². The van der Waals surface area contributed by atoms with Crippen molar-refractivity contribution in [3.05, 3.63) is 35.6 Å². The van der Waals surface area contributed by atoms with Crippen LogP contribution in [0.15, 0.2) is 24.3 Å². The first-order chi connectivity index (χ1) is 12.1. The predicted molar refractivity (Wildman–Crippen MR) is 96.0 cm³/mol. The van der Waals surface area contributed by atoms with Crippen LogP contribution in [0, 0.1) is 11.7 Å². The van der Waals surface area contributed by atoms with Crippen LogP contribution in [0.4, 0.5) is 4.39 Å². The largest absolute Gasteiger partial charge is 0.380 e. The van der Waals surface area contributed by atoms with Crippen LogP contribution in [-0.2, 0) is 9.53 Å². The zero-order valence-corrected chi connectivity index (χ0v) is 15.3. The molecule has 25 heavy (non-hydrogen) atoms. The van der Waals surface area contributed by atoms with Gasteiger partial charge in [-0.3, -0.25) is 9.69 Å². The zero-order chi connectivity index (χ0) is 17.8. The van der Waals surface area contributed by atoms with E-state index in [1.165, 1.54) is 6.07 Å². The summed E-state index contributed by atoms with van der Waals surface area (Å²) >= 11 is 0. The highest BCUT2D eigenvalue weighted by molar-refractivity contribution is 5.80. The van der Waals surface area contributed by atoms with Crippen molar-refractivity contribution >= 4 is 5.91 Å². The number of hydrogen-bond acceptors (Lipinski definition) is 3. The van der Waals surface area contributed by atoms with E-state index in [4.69, 9.17) is 4.74 Å². The smallest absolute Gasteiger partial charge is 0.225 e. The maximum absolute atomic E-state index is 13.3. The first-order valence-electron chi connectivity index (χ1n) is 9.44. The fourth-order valence-corrected chi connectivity index (χ4v) is 3.96. The summed E-state index contributed by atoms with van der Waals surface area (Å²) in [5.41, 5.74) is 1.03. The van der Waals surface area contributed by atoms with Gasteiger partial charge in [0.25, 0.3) is 0 Å². The third kappa shape index (κ3) is 4.39. The molecule has 138 valence electrons. The Morgan fingerprint density at radius 2 is 2.12 bits per heavy atom. The summed E-state index contributed by atoms with van der Waals surface area (Å²) in [7, 11) is 0. The van der Waals surface area contributed by atoms with E-state index in [1.54, 1.807) is 12.1 Å². The monoisotopic (exact) mass is 348 g/mol. The van der Waals surface area contributed by atoms with Crippen molar-refractivity contribution in [1.29, 1.82) is 0 Å². The molecule has 0 radical (unpaired) electrons. The molecule has 1 unspecified atom stereocenters. The third-order valence-corrected chi connectivity index (χ3v) is 5.61. The van der Waals surface area contributed by atoms with Crippen molar-refractivity contribution in [1.82, 2.24) is 9.80 Å². The van der Waals surface area contributed by atoms with Crippen LogP contribution < -0.4 is 0 Å². The molecule has 2 aliphatic rings. The molecule has 1 aromatic carbocycles. The van der Waals surface area contributed by atoms with Crippen LogP contribution in [0.1, 0.15) is 38.2 Å². The number of piperazine rings is 1. The second-order valence-electron chi connectivity index (χ2n) is 7.29. The zero-order valence-electron chi connectivity index (χ0n) is 15.3. The minimum atomic E-state index is -0.190. The lowest BCUT2D eigenvalue weighted by Gasteiger charge is -2.43. The van der Waals surface area contributed by atoms with E-state index in [0.717, 1.165) is 57.8 Å². The Labute approximate surface area is 149 Å². The highest BCUT2D eigenvalue weighted by Gasteiger charge is 2.39. The van der Waals surface area contributed by atoms with Crippen molar-refractivity contribution in [2.45, 2.75) is 38.6 Å². The number of amides is 1. The Balaban J connectivity index is 1.46. The summed E-state index contributed by atoms with van der Waals surface area (Å²) in [5, 5.41) is 0. The van der Waals surface area contributed by atoms with Gasteiger partial charge in [-0.1, -0.05) is 12.1 Å². The molecule has 1 aliphatic heterocycles. The summed E-state index contributed by atoms with van der Waals surface area (Å²) in [5.74, 6) is 0.526. The Kier molecular flexibility index (Phi) is 6.07. The van der Waals surface area contributed by atoms with Crippen molar-refractivity contribution in [3.8, 4) is 0 Å². The Morgan fingerprint density at radius 1 is 1.32 bits per heavy atom. The number of hydrogen-bond donors (Lipinski definition) is 0.